The largest absolute Gasteiger partial charge is 0.444 e. The number of carbonyl (C=O) groups is 1. The first-order chi connectivity index (χ1) is 14.2. The van der Waals surface area contributed by atoms with Gasteiger partial charge in [0.15, 0.2) is 5.96 Å². The average molecular weight is 558 g/mol. The zero-order valence-electron chi connectivity index (χ0n) is 18.8. The molecule has 7 nitrogen and oxygen atoms in total. The van der Waals surface area contributed by atoms with E-state index in [-0.39, 0.29) is 36.1 Å². The Balaban J connectivity index is 0.00000341. The molecule has 0 radical (unpaired) electrons. The summed E-state index contributed by atoms with van der Waals surface area (Å²) in [5, 5.41) is 7.43. The number of aliphatic imine (C=N–C) groups is 1. The van der Waals surface area contributed by atoms with Crippen molar-refractivity contribution in [3.05, 3.63) is 40.9 Å². The van der Waals surface area contributed by atoms with Crippen molar-refractivity contribution in [2.24, 2.45) is 4.99 Å². The molecule has 1 aromatic carbocycles. The van der Waals surface area contributed by atoms with Gasteiger partial charge in [-0.1, -0.05) is 30.3 Å². The van der Waals surface area contributed by atoms with E-state index in [0.29, 0.717) is 13.1 Å². The number of hydrogen-bond donors (Lipinski definition) is 2. The van der Waals surface area contributed by atoms with Crippen molar-refractivity contribution in [3.8, 4) is 10.6 Å². The lowest BCUT2D eigenvalue weighted by Gasteiger charge is -2.23. The van der Waals surface area contributed by atoms with E-state index < -0.39 is 5.60 Å². The maximum atomic E-state index is 12.0. The standard InChI is InChI=1S/C22H31N5O2S.HI/c1-15-18(30-19(25-15)16-9-7-6-8-10-16)13-24-20(23-5)27-12-11-17(14-27)26-21(28)29-22(2,3)4;/h6-10,17H,11-14H2,1-5H3,(H,23,24)(H,26,28);1H. The summed E-state index contributed by atoms with van der Waals surface area (Å²) in [6.07, 6.45) is 0.489. The molecule has 0 bridgehead atoms. The van der Waals surface area contributed by atoms with Crippen LogP contribution in [0.15, 0.2) is 35.3 Å². The van der Waals surface area contributed by atoms with Gasteiger partial charge in [-0.05, 0) is 34.1 Å². The molecular formula is C22H32IN5O2S. The first kappa shape index (κ1) is 25.4. The van der Waals surface area contributed by atoms with Gasteiger partial charge in [0.05, 0.1) is 18.3 Å². The average Bonchev–Trinajstić information content (AvgIpc) is 3.28. The van der Waals surface area contributed by atoms with E-state index >= 15 is 0 Å². The van der Waals surface area contributed by atoms with Crippen LogP contribution in [0, 0.1) is 6.92 Å². The summed E-state index contributed by atoms with van der Waals surface area (Å²) in [7, 11) is 1.78. The van der Waals surface area contributed by atoms with Gasteiger partial charge in [0, 0.05) is 30.6 Å². The number of benzene rings is 1. The second-order valence-electron chi connectivity index (χ2n) is 8.37. The van der Waals surface area contributed by atoms with Crippen LogP contribution in [0.1, 0.15) is 37.8 Å². The highest BCUT2D eigenvalue weighted by molar-refractivity contribution is 14.0. The van der Waals surface area contributed by atoms with Crippen molar-refractivity contribution >= 4 is 47.4 Å². The van der Waals surface area contributed by atoms with Crippen molar-refractivity contribution in [3.63, 3.8) is 0 Å². The van der Waals surface area contributed by atoms with Gasteiger partial charge in [-0.3, -0.25) is 4.99 Å². The summed E-state index contributed by atoms with van der Waals surface area (Å²) < 4.78 is 5.36. The number of alkyl carbamates (subject to hydrolysis) is 1. The van der Waals surface area contributed by atoms with E-state index in [1.54, 1.807) is 18.4 Å². The Bertz CT molecular complexity index is 895. The summed E-state index contributed by atoms with van der Waals surface area (Å²) in [6, 6.07) is 10.3. The fraction of sp³-hybridized carbons (Fsp3) is 0.500. The van der Waals surface area contributed by atoms with Crippen LogP contribution >= 0.6 is 35.3 Å². The highest BCUT2D eigenvalue weighted by Gasteiger charge is 2.28. The minimum Gasteiger partial charge on any atom is -0.444 e. The van der Waals surface area contributed by atoms with Gasteiger partial charge in [0.1, 0.15) is 10.6 Å². The Morgan fingerprint density at radius 3 is 2.68 bits per heavy atom. The minimum absolute atomic E-state index is 0. The van der Waals surface area contributed by atoms with Crippen molar-refractivity contribution < 1.29 is 9.53 Å². The lowest BCUT2D eigenvalue weighted by atomic mass is 10.2. The van der Waals surface area contributed by atoms with Gasteiger partial charge in [-0.25, -0.2) is 9.78 Å². The number of ether oxygens (including phenoxy) is 1. The molecule has 1 saturated heterocycles. The maximum absolute atomic E-state index is 12.0. The molecule has 1 aromatic heterocycles. The number of thiazole rings is 1. The molecule has 0 spiro atoms. The SMILES string of the molecule is CN=C(NCc1sc(-c2ccccc2)nc1C)N1CCC(NC(=O)OC(C)(C)C)C1.I. The van der Waals surface area contributed by atoms with E-state index in [1.165, 1.54) is 4.88 Å². The highest BCUT2D eigenvalue weighted by Crippen LogP contribution is 2.27. The van der Waals surface area contributed by atoms with Gasteiger partial charge < -0.3 is 20.3 Å². The molecule has 0 saturated carbocycles. The maximum Gasteiger partial charge on any atom is 0.407 e. The second kappa shape index (κ2) is 11.1. The van der Waals surface area contributed by atoms with Crippen LogP contribution in [-0.4, -0.2) is 53.7 Å². The van der Waals surface area contributed by atoms with Crippen molar-refractivity contribution in [2.45, 2.75) is 52.3 Å². The summed E-state index contributed by atoms with van der Waals surface area (Å²) >= 11 is 1.70. The van der Waals surface area contributed by atoms with Crippen LogP contribution in [0.25, 0.3) is 10.6 Å². The van der Waals surface area contributed by atoms with Crippen LogP contribution in [0.3, 0.4) is 0 Å². The molecule has 170 valence electrons. The fourth-order valence-electron chi connectivity index (χ4n) is 3.33. The third-order valence-electron chi connectivity index (χ3n) is 4.74. The molecular weight excluding hydrogens is 525 g/mol. The number of aromatic nitrogens is 1. The molecule has 9 heteroatoms. The Kier molecular flexibility index (Phi) is 9.11. The first-order valence-corrected chi connectivity index (χ1v) is 11.0. The van der Waals surface area contributed by atoms with Crippen molar-refractivity contribution in [2.75, 3.05) is 20.1 Å². The van der Waals surface area contributed by atoms with Gasteiger partial charge in [0.25, 0.3) is 0 Å². The normalized spacial score (nSPS) is 16.6. The Labute approximate surface area is 205 Å². The Morgan fingerprint density at radius 1 is 1.32 bits per heavy atom. The molecule has 1 aliphatic rings. The third kappa shape index (κ3) is 7.34. The number of amides is 1. The molecule has 1 amide bonds. The minimum atomic E-state index is -0.495. The topological polar surface area (TPSA) is 78.9 Å². The van der Waals surface area contributed by atoms with E-state index in [1.807, 2.05) is 45.9 Å². The summed E-state index contributed by atoms with van der Waals surface area (Å²) in [5.41, 5.74) is 1.68. The molecule has 1 fully saturated rings. The molecule has 3 rings (SSSR count). The van der Waals surface area contributed by atoms with Gasteiger partial charge in [-0.2, -0.15) is 0 Å². The van der Waals surface area contributed by atoms with Crippen LogP contribution in [0.5, 0.6) is 0 Å². The Morgan fingerprint density at radius 2 is 2.03 bits per heavy atom. The quantitative estimate of drug-likeness (QED) is 0.331. The monoisotopic (exact) mass is 557 g/mol. The van der Waals surface area contributed by atoms with Crippen molar-refractivity contribution in [1.29, 1.82) is 0 Å². The fourth-order valence-corrected chi connectivity index (χ4v) is 4.34. The lowest BCUT2D eigenvalue weighted by Crippen LogP contribution is -2.44. The molecule has 1 unspecified atom stereocenters. The smallest absolute Gasteiger partial charge is 0.407 e. The van der Waals surface area contributed by atoms with Gasteiger partial charge in [0.2, 0.25) is 0 Å². The predicted octanol–water partition coefficient (Wildman–Crippen LogP) is 4.41. The number of aryl methyl sites for hydroxylation is 1. The molecule has 2 heterocycles. The summed E-state index contributed by atoms with van der Waals surface area (Å²) in [6.45, 7) is 9.84. The highest BCUT2D eigenvalue weighted by atomic mass is 127. The first-order valence-electron chi connectivity index (χ1n) is 10.2. The summed E-state index contributed by atoms with van der Waals surface area (Å²) in [5.74, 6) is 0.831. The number of hydrogen-bond acceptors (Lipinski definition) is 5. The lowest BCUT2D eigenvalue weighted by molar-refractivity contribution is 0.0507. The summed E-state index contributed by atoms with van der Waals surface area (Å²) in [4.78, 5) is 24.5. The zero-order valence-corrected chi connectivity index (χ0v) is 21.9. The zero-order chi connectivity index (χ0) is 21.7. The van der Waals surface area contributed by atoms with E-state index in [0.717, 1.165) is 35.2 Å². The number of guanidine groups is 1. The molecule has 0 aliphatic carbocycles. The number of nitrogens with zero attached hydrogens (tertiary/aromatic N) is 3. The van der Waals surface area contributed by atoms with E-state index in [4.69, 9.17) is 9.72 Å². The van der Waals surface area contributed by atoms with E-state index in [9.17, 15) is 4.79 Å². The van der Waals surface area contributed by atoms with Crippen molar-refractivity contribution in [1.82, 2.24) is 20.5 Å². The van der Waals surface area contributed by atoms with Gasteiger partial charge in [-0.15, -0.1) is 35.3 Å². The third-order valence-corrected chi connectivity index (χ3v) is 5.95. The van der Waals surface area contributed by atoms with E-state index in [2.05, 4.69) is 32.7 Å². The number of carbonyl (C=O) groups excluding carboxylic acids is 1. The molecule has 31 heavy (non-hydrogen) atoms. The molecule has 1 atom stereocenters. The molecule has 2 N–H and O–H groups in total. The number of halogens is 1. The second-order valence-corrected chi connectivity index (χ2v) is 9.46. The Hall–Kier alpha value is -1.88. The van der Waals surface area contributed by atoms with Crippen LogP contribution in [0.4, 0.5) is 4.79 Å². The number of rotatable bonds is 4. The van der Waals surface area contributed by atoms with Crippen LogP contribution in [0.2, 0.25) is 0 Å². The number of likely N-dealkylation sites (tertiary alicyclic amines) is 1. The predicted molar refractivity (Wildman–Crippen MR) is 137 cm³/mol. The van der Waals surface area contributed by atoms with Crippen LogP contribution < -0.4 is 10.6 Å². The number of nitrogens with one attached hydrogen (secondary N) is 2. The van der Waals surface area contributed by atoms with Crippen LogP contribution in [-0.2, 0) is 11.3 Å². The molecule has 1 aliphatic heterocycles. The van der Waals surface area contributed by atoms with Gasteiger partial charge >= 0.3 is 6.09 Å². The molecule has 2 aromatic rings.